The van der Waals surface area contributed by atoms with Gasteiger partial charge >= 0.3 is 0 Å². The smallest absolute Gasteiger partial charge is 0.150 e. The summed E-state index contributed by atoms with van der Waals surface area (Å²) in [5.74, 6) is -0.228. The molecule has 0 radical (unpaired) electrons. The molecule has 0 saturated heterocycles. The van der Waals surface area contributed by atoms with Crippen molar-refractivity contribution >= 4 is 11.9 Å². The van der Waals surface area contributed by atoms with Crippen LogP contribution in [0.1, 0.15) is 22.3 Å². The molecular weight excluding hydrogens is 251 g/mol. The zero-order chi connectivity index (χ0) is 14.9. The Morgan fingerprint density at radius 3 is 2.40 bits per heavy atom. The third kappa shape index (κ3) is 2.55. The molecule has 0 amide bonds. The van der Waals surface area contributed by atoms with Crippen LogP contribution in [0.25, 0.3) is 16.7 Å². The molecule has 0 spiro atoms. The van der Waals surface area contributed by atoms with Gasteiger partial charge in [-0.3, -0.25) is 4.79 Å². The monoisotopic (exact) mass is 268 g/mol. The lowest BCUT2D eigenvalue weighted by Crippen LogP contribution is -1.96. The van der Waals surface area contributed by atoms with Crippen molar-refractivity contribution in [2.45, 2.75) is 20.8 Å². The summed E-state index contributed by atoms with van der Waals surface area (Å²) in [5.41, 5.74) is 5.78. The van der Waals surface area contributed by atoms with Crippen LogP contribution < -0.4 is 0 Å². The second-order valence-corrected chi connectivity index (χ2v) is 5.11. The average Bonchev–Trinajstić information content (AvgIpc) is 2.40. The highest BCUT2D eigenvalue weighted by molar-refractivity contribution is 6.09. The Hall–Kier alpha value is -2.22. The second kappa shape index (κ2) is 5.41. The summed E-state index contributed by atoms with van der Waals surface area (Å²) in [6.45, 7) is 9.51. The van der Waals surface area contributed by atoms with Crippen molar-refractivity contribution < 1.29 is 9.18 Å². The molecule has 0 N–H and O–H groups in total. The zero-order valence-electron chi connectivity index (χ0n) is 12.0. The third-order valence-electron chi connectivity index (χ3n) is 3.41. The van der Waals surface area contributed by atoms with E-state index < -0.39 is 0 Å². The maximum atomic E-state index is 13.4. The Balaban J connectivity index is 2.74. The van der Waals surface area contributed by atoms with Gasteiger partial charge in [0.1, 0.15) is 12.1 Å². The molecule has 2 heteroatoms. The van der Waals surface area contributed by atoms with Gasteiger partial charge in [0.2, 0.25) is 0 Å². The summed E-state index contributed by atoms with van der Waals surface area (Å²) in [5, 5.41) is 0. The van der Waals surface area contributed by atoms with Gasteiger partial charge in [-0.25, -0.2) is 4.39 Å². The number of halogens is 1. The van der Waals surface area contributed by atoms with Crippen molar-refractivity contribution in [2.75, 3.05) is 0 Å². The number of carbonyl (C=O) groups is 1. The number of aldehydes is 1. The fraction of sp³-hybridized carbons (Fsp3) is 0.167. The van der Waals surface area contributed by atoms with Gasteiger partial charge in [0, 0.05) is 5.57 Å². The van der Waals surface area contributed by atoms with E-state index in [-0.39, 0.29) is 5.82 Å². The van der Waals surface area contributed by atoms with Gasteiger partial charge in [-0.05, 0) is 60.7 Å². The van der Waals surface area contributed by atoms with E-state index in [2.05, 4.69) is 6.58 Å². The molecule has 0 aliphatic rings. The molecular formula is C18H17FO. The summed E-state index contributed by atoms with van der Waals surface area (Å²) in [7, 11) is 0. The van der Waals surface area contributed by atoms with Crippen LogP contribution in [-0.4, -0.2) is 6.29 Å². The molecule has 0 heterocycles. The minimum Gasteiger partial charge on any atom is -0.298 e. The van der Waals surface area contributed by atoms with Crippen LogP contribution in [0.4, 0.5) is 4.39 Å². The highest BCUT2D eigenvalue weighted by Gasteiger charge is 2.12. The Morgan fingerprint density at radius 1 is 1.10 bits per heavy atom. The standard InChI is InChI=1S/C18H17FO/c1-11-7-13(3)18(14(4)10-20)16(8-11)15-5-6-17(19)12(2)9-15/h5-10H,4H2,1-3H3. The summed E-state index contributed by atoms with van der Waals surface area (Å²) in [6.07, 6.45) is 0.761. The minimum absolute atomic E-state index is 0.228. The van der Waals surface area contributed by atoms with E-state index >= 15 is 0 Å². The van der Waals surface area contributed by atoms with Crippen molar-refractivity contribution in [1.82, 2.24) is 0 Å². The van der Waals surface area contributed by atoms with Crippen molar-refractivity contribution in [3.63, 3.8) is 0 Å². The maximum Gasteiger partial charge on any atom is 0.150 e. The fourth-order valence-corrected chi connectivity index (χ4v) is 2.49. The Kier molecular flexibility index (Phi) is 3.84. The molecule has 2 aromatic carbocycles. The first kappa shape index (κ1) is 14.2. The Bertz CT molecular complexity index is 699. The van der Waals surface area contributed by atoms with Gasteiger partial charge < -0.3 is 0 Å². The largest absolute Gasteiger partial charge is 0.298 e. The first-order valence-corrected chi connectivity index (χ1v) is 6.46. The molecule has 0 aliphatic heterocycles. The van der Waals surface area contributed by atoms with Crippen LogP contribution >= 0.6 is 0 Å². The van der Waals surface area contributed by atoms with Gasteiger partial charge in [-0.1, -0.05) is 30.3 Å². The van der Waals surface area contributed by atoms with E-state index in [1.165, 1.54) is 6.07 Å². The van der Waals surface area contributed by atoms with Gasteiger partial charge in [-0.2, -0.15) is 0 Å². The van der Waals surface area contributed by atoms with E-state index in [1.807, 2.05) is 26.0 Å². The van der Waals surface area contributed by atoms with Gasteiger partial charge in [-0.15, -0.1) is 0 Å². The molecule has 0 aliphatic carbocycles. The molecule has 1 nitrogen and oxygen atoms in total. The van der Waals surface area contributed by atoms with E-state index in [0.29, 0.717) is 11.1 Å². The quantitative estimate of drug-likeness (QED) is 0.586. The molecule has 2 aromatic rings. The molecule has 0 aromatic heterocycles. The highest BCUT2D eigenvalue weighted by Crippen LogP contribution is 2.32. The Morgan fingerprint density at radius 2 is 1.80 bits per heavy atom. The first-order valence-electron chi connectivity index (χ1n) is 6.46. The molecule has 102 valence electrons. The minimum atomic E-state index is -0.228. The van der Waals surface area contributed by atoms with Gasteiger partial charge in [0.05, 0.1) is 0 Å². The molecule has 0 bridgehead atoms. The molecule has 0 saturated carbocycles. The number of benzene rings is 2. The zero-order valence-corrected chi connectivity index (χ0v) is 12.0. The number of hydrogen-bond donors (Lipinski definition) is 0. The third-order valence-corrected chi connectivity index (χ3v) is 3.41. The molecule has 20 heavy (non-hydrogen) atoms. The van der Waals surface area contributed by atoms with E-state index in [0.717, 1.165) is 34.1 Å². The number of aryl methyl sites for hydroxylation is 3. The lowest BCUT2D eigenvalue weighted by atomic mass is 9.89. The maximum absolute atomic E-state index is 13.4. The fourth-order valence-electron chi connectivity index (χ4n) is 2.49. The van der Waals surface area contributed by atoms with Crippen molar-refractivity contribution in [3.8, 4) is 11.1 Å². The van der Waals surface area contributed by atoms with Crippen LogP contribution in [0.5, 0.6) is 0 Å². The number of carbonyl (C=O) groups excluding carboxylic acids is 1. The van der Waals surface area contributed by atoms with Gasteiger partial charge in [0.25, 0.3) is 0 Å². The average molecular weight is 268 g/mol. The van der Waals surface area contributed by atoms with Gasteiger partial charge in [0.15, 0.2) is 0 Å². The van der Waals surface area contributed by atoms with Crippen molar-refractivity contribution in [1.29, 1.82) is 0 Å². The lowest BCUT2D eigenvalue weighted by Gasteiger charge is -2.14. The lowest BCUT2D eigenvalue weighted by molar-refractivity contribution is -0.103. The SMILES string of the molecule is C=C(C=O)c1c(C)cc(C)cc1-c1ccc(F)c(C)c1. The number of hydrogen-bond acceptors (Lipinski definition) is 1. The summed E-state index contributed by atoms with van der Waals surface area (Å²) >= 11 is 0. The number of allylic oxidation sites excluding steroid dienone is 1. The second-order valence-electron chi connectivity index (χ2n) is 5.11. The summed E-state index contributed by atoms with van der Waals surface area (Å²) < 4.78 is 13.4. The predicted octanol–water partition coefficient (Wildman–Crippen LogP) is 4.63. The predicted molar refractivity (Wildman–Crippen MR) is 81.1 cm³/mol. The highest BCUT2D eigenvalue weighted by atomic mass is 19.1. The number of rotatable bonds is 3. The van der Waals surface area contributed by atoms with Crippen LogP contribution in [0.3, 0.4) is 0 Å². The van der Waals surface area contributed by atoms with Crippen molar-refractivity contribution in [3.05, 3.63) is 65.0 Å². The van der Waals surface area contributed by atoms with E-state index in [9.17, 15) is 9.18 Å². The molecule has 0 fully saturated rings. The van der Waals surface area contributed by atoms with Crippen molar-refractivity contribution in [2.24, 2.45) is 0 Å². The van der Waals surface area contributed by atoms with Crippen LogP contribution in [0.2, 0.25) is 0 Å². The van der Waals surface area contributed by atoms with Crippen LogP contribution in [0, 0.1) is 26.6 Å². The van der Waals surface area contributed by atoms with E-state index in [1.54, 1.807) is 19.1 Å². The topological polar surface area (TPSA) is 17.1 Å². The molecule has 0 atom stereocenters. The Labute approximate surface area is 118 Å². The first-order chi connectivity index (χ1) is 9.43. The summed E-state index contributed by atoms with van der Waals surface area (Å²) in [6, 6.07) is 9.01. The molecule has 2 rings (SSSR count). The van der Waals surface area contributed by atoms with Crippen LogP contribution in [0.15, 0.2) is 36.9 Å². The van der Waals surface area contributed by atoms with E-state index in [4.69, 9.17) is 0 Å². The normalized spacial score (nSPS) is 10.4. The summed E-state index contributed by atoms with van der Waals surface area (Å²) in [4.78, 5) is 11.1. The molecule has 0 unspecified atom stereocenters. The van der Waals surface area contributed by atoms with Crippen LogP contribution in [-0.2, 0) is 4.79 Å².